The summed E-state index contributed by atoms with van der Waals surface area (Å²) in [6, 6.07) is 15.7. The highest BCUT2D eigenvalue weighted by atomic mass is 32.2. The SMILES string of the molecule is CC(c1ccccc1)N(C)C(=O)c1ccc(S(=O)(=O)N(C)C)cc1. The van der Waals surface area contributed by atoms with Crippen LogP contribution in [0.25, 0.3) is 0 Å². The second-order valence-electron chi connectivity index (χ2n) is 5.81. The van der Waals surface area contributed by atoms with Gasteiger partial charge in [-0.3, -0.25) is 4.79 Å². The number of carbonyl (C=O) groups is 1. The molecule has 0 aromatic heterocycles. The van der Waals surface area contributed by atoms with Crippen LogP contribution in [0.3, 0.4) is 0 Å². The van der Waals surface area contributed by atoms with Crippen LogP contribution in [0.1, 0.15) is 28.9 Å². The molecule has 0 heterocycles. The summed E-state index contributed by atoms with van der Waals surface area (Å²) in [4.78, 5) is 14.4. The molecule has 1 atom stereocenters. The van der Waals surface area contributed by atoms with Crippen LogP contribution in [0.5, 0.6) is 0 Å². The van der Waals surface area contributed by atoms with Gasteiger partial charge in [0.2, 0.25) is 10.0 Å². The fourth-order valence-electron chi connectivity index (χ4n) is 2.31. The molecule has 2 rings (SSSR count). The van der Waals surface area contributed by atoms with Crippen molar-refractivity contribution in [2.45, 2.75) is 17.9 Å². The topological polar surface area (TPSA) is 57.7 Å². The molecule has 0 aliphatic carbocycles. The minimum atomic E-state index is -3.49. The Labute approximate surface area is 143 Å². The molecule has 24 heavy (non-hydrogen) atoms. The predicted octanol–water partition coefficient (Wildman–Crippen LogP) is 2.77. The zero-order valence-electron chi connectivity index (χ0n) is 14.3. The number of rotatable bonds is 5. The molecular weight excluding hydrogens is 324 g/mol. The summed E-state index contributed by atoms with van der Waals surface area (Å²) in [5, 5.41) is 0. The summed E-state index contributed by atoms with van der Waals surface area (Å²) < 4.78 is 25.3. The molecule has 0 N–H and O–H groups in total. The van der Waals surface area contributed by atoms with Crippen LogP contribution in [0, 0.1) is 0 Å². The van der Waals surface area contributed by atoms with Gasteiger partial charge in [0.1, 0.15) is 0 Å². The maximum Gasteiger partial charge on any atom is 0.254 e. The molecule has 1 amide bonds. The van der Waals surface area contributed by atoms with Gasteiger partial charge in [-0.1, -0.05) is 30.3 Å². The zero-order chi connectivity index (χ0) is 17.9. The van der Waals surface area contributed by atoms with Crippen molar-refractivity contribution in [2.75, 3.05) is 21.1 Å². The number of nitrogens with zero attached hydrogens (tertiary/aromatic N) is 2. The maximum atomic E-state index is 12.6. The van der Waals surface area contributed by atoms with E-state index in [1.165, 1.54) is 26.2 Å². The first-order valence-corrected chi connectivity index (χ1v) is 9.04. The molecular formula is C18H22N2O3S. The fourth-order valence-corrected chi connectivity index (χ4v) is 3.22. The van der Waals surface area contributed by atoms with Gasteiger partial charge in [0.05, 0.1) is 10.9 Å². The smallest absolute Gasteiger partial charge is 0.254 e. The summed E-state index contributed by atoms with van der Waals surface area (Å²) in [5.41, 5.74) is 1.50. The monoisotopic (exact) mass is 346 g/mol. The average Bonchev–Trinajstić information content (AvgIpc) is 2.60. The summed E-state index contributed by atoms with van der Waals surface area (Å²) in [5.74, 6) is -0.153. The maximum absolute atomic E-state index is 12.6. The largest absolute Gasteiger partial charge is 0.335 e. The summed E-state index contributed by atoms with van der Waals surface area (Å²) >= 11 is 0. The molecule has 2 aromatic rings. The van der Waals surface area contributed by atoms with Gasteiger partial charge in [-0.2, -0.15) is 0 Å². The van der Waals surface area contributed by atoms with Gasteiger partial charge in [-0.15, -0.1) is 0 Å². The average molecular weight is 346 g/mol. The first-order chi connectivity index (χ1) is 11.2. The Morgan fingerprint density at radius 2 is 1.46 bits per heavy atom. The minimum Gasteiger partial charge on any atom is -0.335 e. The molecule has 0 fully saturated rings. The van der Waals surface area contributed by atoms with Crippen LogP contribution in [0.4, 0.5) is 0 Å². The van der Waals surface area contributed by atoms with Crippen LogP contribution >= 0.6 is 0 Å². The Bertz CT molecular complexity index is 800. The van der Waals surface area contributed by atoms with E-state index in [0.717, 1.165) is 9.87 Å². The Morgan fingerprint density at radius 1 is 0.917 bits per heavy atom. The summed E-state index contributed by atoms with van der Waals surface area (Å²) in [6.45, 7) is 1.96. The van der Waals surface area contributed by atoms with Gasteiger partial charge in [0.15, 0.2) is 0 Å². The van der Waals surface area contributed by atoms with Crippen molar-refractivity contribution in [3.63, 3.8) is 0 Å². The van der Waals surface area contributed by atoms with E-state index >= 15 is 0 Å². The van der Waals surface area contributed by atoms with Crippen molar-refractivity contribution < 1.29 is 13.2 Å². The number of benzene rings is 2. The van der Waals surface area contributed by atoms with E-state index in [-0.39, 0.29) is 16.8 Å². The van der Waals surface area contributed by atoms with E-state index in [4.69, 9.17) is 0 Å². The molecule has 5 nitrogen and oxygen atoms in total. The Morgan fingerprint density at radius 3 is 1.96 bits per heavy atom. The molecule has 0 saturated heterocycles. The molecule has 0 aliphatic heterocycles. The Hall–Kier alpha value is -2.18. The zero-order valence-corrected chi connectivity index (χ0v) is 15.1. The van der Waals surface area contributed by atoms with E-state index in [2.05, 4.69) is 0 Å². The number of hydrogen-bond acceptors (Lipinski definition) is 3. The third-order valence-electron chi connectivity index (χ3n) is 4.06. The normalized spacial score (nSPS) is 12.9. The van der Waals surface area contributed by atoms with E-state index in [0.29, 0.717) is 5.56 Å². The van der Waals surface area contributed by atoms with Crippen molar-refractivity contribution in [1.82, 2.24) is 9.21 Å². The molecule has 0 saturated carbocycles. The minimum absolute atomic E-state index is 0.0797. The quantitative estimate of drug-likeness (QED) is 0.836. The summed E-state index contributed by atoms with van der Waals surface area (Å²) in [7, 11) is 1.20. The lowest BCUT2D eigenvalue weighted by Gasteiger charge is -2.25. The third-order valence-corrected chi connectivity index (χ3v) is 5.89. The molecule has 6 heteroatoms. The Kier molecular flexibility index (Phi) is 5.41. The van der Waals surface area contributed by atoms with E-state index in [1.54, 1.807) is 24.1 Å². The molecule has 128 valence electrons. The second kappa shape index (κ2) is 7.15. The first-order valence-electron chi connectivity index (χ1n) is 7.60. The highest BCUT2D eigenvalue weighted by Crippen LogP contribution is 2.21. The molecule has 1 unspecified atom stereocenters. The van der Waals surface area contributed by atoms with Gasteiger partial charge in [0.25, 0.3) is 5.91 Å². The molecule has 0 aliphatic rings. The molecule has 0 radical (unpaired) electrons. The number of sulfonamides is 1. The second-order valence-corrected chi connectivity index (χ2v) is 7.97. The van der Waals surface area contributed by atoms with Crippen molar-refractivity contribution in [2.24, 2.45) is 0 Å². The lowest BCUT2D eigenvalue weighted by Crippen LogP contribution is -2.29. The highest BCUT2D eigenvalue weighted by molar-refractivity contribution is 7.89. The van der Waals surface area contributed by atoms with Crippen LogP contribution in [-0.4, -0.2) is 44.7 Å². The molecule has 2 aromatic carbocycles. The lowest BCUT2D eigenvalue weighted by atomic mass is 10.1. The van der Waals surface area contributed by atoms with E-state index < -0.39 is 10.0 Å². The predicted molar refractivity (Wildman–Crippen MR) is 94.3 cm³/mol. The van der Waals surface area contributed by atoms with Crippen molar-refractivity contribution in [3.05, 3.63) is 65.7 Å². The van der Waals surface area contributed by atoms with E-state index in [1.807, 2.05) is 37.3 Å². The Balaban J connectivity index is 2.21. The van der Waals surface area contributed by atoms with Gasteiger partial charge >= 0.3 is 0 Å². The van der Waals surface area contributed by atoms with Gasteiger partial charge in [-0.25, -0.2) is 12.7 Å². The van der Waals surface area contributed by atoms with Crippen molar-refractivity contribution in [1.29, 1.82) is 0 Å². The third kappa shape index (κ3) is 3.66. The van der Waals surface area contributed by atoms with Crippen molar-refractivity contribution >= 4 is 15.9 Å². The summed E-state index contributed by atoms with van der Waals surface area (Å²) in [6.07, 6.45) is 0. The molecule has 0 bridgehead atoms. The van der Waals surface area contributed by atoms with Crippen LogP contribution in [0.15, 0.2) is 59.5 Å². The standard InChI is InChI=1S/C18H22N2O3S/c1-14(15-8-6-5-7-9-15)20(4)18(21)16-10-12-17(13-11-16)24(22,23)19(2)3/h5-14H,1-4H3. The number of hydrogen-bond donors (Lipinski definition) is 0. The van der Waals surface area contributed by atoms with Gasteiger partial charge in [0, 0.05) is 26.7 Å². The van der Waals surface area contributed by atoms with Crippen LogP contribution in [-0.2, 0) is 10.0 Å². The van der Waals surface area contributed by atoms with Gasteiger partial charge < -0.3 is 4.90 Å². The lowest BCUT2D eigenvalue weighted by molar-refractivity contribution is 0.0742. The van der Waals surface area contributed by atoms with E-state index in [9.17, 15) is 13.2 Å². The van der Waals surface area contributed by atoms with Crippen LogP contribution in [0.2, 0.25) is 0 Å². The number of amides is 1. The van der Waals surface area contributed by atoms with Crippen molar-refractivity contribution in [3.8, 4) is 0 Å². The number of carbonyl (C=O) groups excluding carboxylic acids is 1. The van der Waals surface area contributed by atoms with Gasteiger partial charge in [-0.05, 0) is 36.8 Å². The first kappa shape index (κ1) is 18.2. The molecule has 0 spiro atoms. The van der Waals surface area contributed by atoms with Crippen LogP contribution < -0.4 is 0 Å². The highest BCUT2D eigenvalue weighted by Gasteiger charge is 2.21. The fraction of sp³-hybridized carbons (Fsp3) is 0.278.